The van der Waals surface area contributed by atoms with Crippen molar-refractivity contribution in [3.63, 3.8) is 0 Å². The van der Waals surface area contributed by atoms with Gasteiger partial charge in [0.1, 0.15) is 0 Å². The van der Waals surface area contributed by atoms with E-state index in [1.165, 1.54) is 19.3 Å². The van der Waals surface area contributed by atoms with Gasteiger partial charge in [-0.15, -0.1) is 0 Å². The van der Waals surface area contributed by atoms with Crippen molar-refractivity contribution in [3.8, 4) is 0 Å². The van der Waals surface area contributed by atoms with Crippen LogP contribution in [0.25, 0.3) is 0 Å². The minimum atomic E-state index is -0.402. The summed E-state index contributed by atoms with van der Waals surface area (Å²) in [6.45, 7) is 5.21. The highest BCUT2D eigenvalue weighted by Crippen LogP contribution is 2.24. The molecule has 0 radical (unpaired) electrons. The number of nitrogens with zero attached hydrogens (tertiary/aromatic N) is 1. The van der Waals surface area contributed by atoms with Crippen molar-refractivity contribution >= 4 is 27.5 Å². The van der Waals surface area contributed by atoms with E-state index in [4.69, 9.17) is 5.73 Å². The summed E-state index contributed by atoms with van der Waals surface area (Å²) in [6.07, 6.45) is 3.82. The van der Waals surface area contributed by atoms with Gasteiger partial charge in [-0.05, 0) is 60.4 Å². The van der Waals surface area contributed by atoms with Crippen LogP contribution >= 0.6 is 15.9 Å². The zero-order valence-electron chi connectivity index (χ0n) is 11.9. The average molecular weight is 340 g/mol. The molecule has 20 heavy (non-hydrogen) atoms. The fourth-order valence-electron chi connectivity index (χ4n) is 2.66. The summed E-state index contributed by atoms with van der Waals surface area (Å²) in [5, 5.41) is 3.57. The van der Waals surface area contributed by atoms with Gasteiger partial charge in [0.25, 0.3) is 0 Å². The Balaban J connectivity index is 2.10. The molecule has 4 nitrogen and oxygen atoms in total. The van der Waals surface area contributed by atoms with E-state index in [9.17, 15) is 4.79 Å². The molecule has 0 bridgehead atoms. The molecule has 0 aromatic heterocycles. The van der Waals surface area contributed by atoms with Crippen LogP contribution in [0.5, 0.6) is 0 Å². The molecule has 1 atom stereocenters. The lowest BCUT2D eigenvalue weighted by atomic mass is 10.0. The van der Waals surface area contributed by atoms with Crippen LogP contribution in [0.4, 0.5) is 5.69 Å². The molecular weight excluding hydrogens is 318 g/mol. The summed E-state index contributed by atoms with van der Waals surface area (Å²) in [7, 11) is 0. The average Bonchev–Trinajstić information content (AvgIpc) is 2.45. The Labute approximate surface area is 128 Å². The van der Waals surface area contributed by atoms with Crippen molar-refractivity contribution in [2.75, 3.05) is 24.5 Å². The molecule has 3 N–H and O–H groups in total. The van der Waals surface area contributed by atoms with E-state index in [1.54, 1.807) is 6.07 Å². The summed E-state index contributed by atoms with van der Waals surface area (Å²) >= 11 is 3.43. The third-order valence-electron chi connectivity index (χ3n) is 3.82. The number of carbonyl (C=O) groups excluding carboxylic acids is 1. The first kappa shape index (κ1) is 15.3. The largest absolute Gasteiger partial charge is 0.370 e. The molecule has 1 aromatic carbocycles. The van der Waals surface area contributed by atoms with E-state index in [0.717, 1.165) is 29.8 Å². The summed E-state index contributed by atoms with van der Waals surface area (Å²) in [5.41, 5.74) is 6.98. The normalized spacial score (nSPS) is 18.8. The Bertz CT molecular complexity index is 472. The molecule has 1 aliphatic heterocycles. The molecule has 1 heterocycles. The smallest absolute Gasteiger partial charge is 0.249 e. The number of benzene rings is 1. The second kappa shape index (κ2) is 7.09. The van der Waals surface area contributed by atoms with Crippen LogP contribution in [0, 0.1) is 0 Å². The predicted octanol–water partition coefficient (Wildman–Crippen LogP) is 2.52. The van der Waals surface area contributed by atoms with E-state index in [-0.39, 0.29) is 0 Å². The number of hydrogen-bond acceptors (Lipinski definition) is 3. The van der Waals surface area contributed by atoms with Crippen molar-refractivity contribution in [1.29, 1.82) is 0 Å². The molecule has 110 valence electrons. The fourth-order valence-corrected chi connectivity index (χ4v) is 3.23. The highest BCUT2D eigenvalue weighted by atomic mass is 79.9. The van der Waals surface area contributed by atoms with Crippen LogP contribution in [0.3, 0.4) is 0 Å². The maximum Gasteiger partial charge on any atom is 0.249 e. The summed E-state index contributed by atoms with van der Waals surface area (Å²) in [4.78, 5) is 13.6. The van der Waals surface area contributed by atoms with Gasteiger partial charge in [0.05, 0.1) is 5.56 Å². The number of amides is 1. The lowest BCUT2D eigenvalue weighted by molar-refractivity contribution is 0.0999. The number of carbonyl (C=O) groups is 1. The highest BCUT2D eigenvalue weighted by Gasteiger charge is 2.17. The molecule has 1 unspecified atom stereocenters. The minimum Gasteiger partial charge on any atom is -0.370 e. The van der Waals surface area contributed by atoms with Crippen molar-refractivity contribution in [1.82, 2.24) is 5.32 Å². The number of likely N-dealkylation sites (N-methyl/N-ethyl adjacent to an activating group) is 1. The zero-order valence-corrected chi connectivity index (χ0v) is 13.4. The van der Waals surface area contributed by atoms with Gasteiger partial charge >= 0.3 is 0 Å². The van der Waals surface area contributed by atoms with Gasteiger partial charge in [0, 0.05) is 29.3 Å². The van der Waals surface area contributed by atoms with Crippen LogP contribution < -0.4 is 16.0 Å². The maximum atomic E-state index is 11.3. The van der Waals surface area contributed by atoms with Gasteiger partial charge in [-0.3, -0.25) is 4.79 Å². The van der Waals surface area contributed by atoms with E-state index >= 15 is 0 Å². The first-order valence-electron chi connectivity index (χ1n) is 7.19. The van der Waals surface area contributed by atoms with E-state index in [1.807, 2.05) is 12.1 Å². The van der Waals surface area contributed by atoms with Crippen molar-refractivity contribution in [2.24, 2.45) is 5.73 Å². The van der Waals surface area contributed by atoms with Gasteiger partial charge in [-0.2, -0.15) is 0 Å². The molecule has 0 aliphatic carbocycles. The summed E-state index contributed by atoms with van der Waals surface area (Å²) < 4.78 is 0.762. The Kier molecular flexibility index (Phi) is 5.43. The summed E-state index contributed by atoms with van der Waals surface area (Å²) in [5.74, 6) is -0.402. The standard InChI is InChI=1S/C15H22BrN3O/c1-2-19(10-11-5-3-4-8-18-11)12-6-7-13(15(17)20)14(16)9-12/h6-7,9,11,18H,2-5,8,10H2,1H3,(H2,17,20). The Morgan fingerprint density at radius 1 is 1.50 bits per heavy atom. The minimum absolute atomic E-state index is 0.402. The number of piperidine rings is 1. The number of anilines is 1. The third kappa shape index (κ3) is 3.73. The zero-order chi connectivity index (χ0) is 14.5. The molecule has 1 fully saturated rings. The summed E-state index contributed by atoms with van der Waals surface area (Å²) in [6, 6.07) is 6.29. The van der Waals surface area contributed by atoms with Gasteiger partial charge in [0.15, 0.2) is 0 Å². The molecule has 1 amide bonds. The Morgan fingerprint density at radius 2 is 2.30 bits per heavy atom. The highest BCUT2D eigenvalue weighted by molar-refractivity contribution is 9.10. The predicted molar refractivity (Wildman–Crippen MR) is 86.2 cm³/mol. The number of primary amides is 1. The van der Waals surface area contributed by atoms with Crippen molar-refractivity contribution in [2.45, 2.75) is 32.2 Å². The van der Waals surface area contributed by atoms with Crippen LogP contribution in [0.2, 0.25) is 0 Å². The molecule has 5 heteroatoms. The second-order valence-electron chi connectivity index (χ2n) is 5.21. The van der Waals surface area contributed by atoms with Gasteiger partial charge in [0.2, 0.25) is 5.91 Å². The molecule has 1 aliphatic rings. The van der Waals surface area contributed by atoms with Crippen molar-refractivity contribution < 1.29 is 4.79 Å². The van der Waals surface area contributed by atoms with Crippen LogP contribution in [0.15, 0.2) is 22.7 Å². The molecule has 1 aromatic rings. The lowest BCUT2D eigenvalue weighted by Crippen LogP contribution is -2.43. The van der Waals surface area contributed by atoms with Gasteiger partial charge in [-0.1, -0.05) is 6.42 Å². The maximum absolute atomic E-state index is 11.3. The molecule has 0 saturated carbocycles. The number of nitrogens with two attached hydrogens (primary N) is 1. The quantitative estimate of drug-likeness (QED) is 0.866. The van der Waals surface area contributed by atoms with Crippen LogP contribution in [-0.4, -0.2) is 31.6 Å². The van der Waals surface area contributed by atoms with E-state index < -0.39 is 5.91 Å². The second-order valence-corrected chi connectivity index (χ2v) is 6.07. The molecule has 0 spiro atoms. The fraction of sp³-hybridized carbons (Fsp3) is 0.533. The monoisotopic (exact) mass is 339 g/mol. The SMILES string of the molecule is CCN(CC1CCCCN1)c1ccc(C(N)=O)c(Br)c1. The first-order chi connectivity index (χ1) is 9.61. The molecule has 1 saturated heterocycles. The first-order valence-corrected chi connectivity index (χ1v) is 7.98. The molecule has 2 rings (SSSR count). The van der Waals surface area contributed by atoms with E-state index in [2.05, 4.69) is 33.1 Å². The van der Waals surface area contributed by atoms with Gasteiger partial charge in [-0.25, -0.2) is 0 Å². The topological polar surface area (TPSA) is 58.4 Å². The lowest BCUT2D eigenvalue weighted by Gasteiger charge is -2.31. The molecular formula is C15H22BrN3O. The Morgan fingerprint density at radius 3 is 2.85 bits per heavy atom. The Hall–Kier alpha value is -1.07. The van der Waals surface area contributed by atoms with Crippen molar-refractivity contribution in [3.05, 3.63) is 28.2 Å². The third-order valence-corrected chi connectivity index (χ3v) is 4.47. The number of nitrogens with one attached hydrogen (secondary N) is 1. The number of halogens is 1. The van der Waals surface area contributed by atoms with Crippen LogP contribution in [0.1, 0.15) is 36.5 Å². The number of rotatable bonds is 5. The van der Waals surface area contributed by atoms with Gasteiger partial charge < -0.3 is 16.0 Å². The number of hydrogen-bond donors (Lipinski definition) is 2. The van der Waals surface area contributed by atoms with E-state index in [0.29, 0.717) is 11.6 Å². The van der Waals surface area contributed by atoms with Crippen LogP contribution in [-0.2, 0) is 0 Å².